The van der Waals surface area contributed by atoms with Crippen molar-refractivity contribution < 1.29 is 14.6 Å². The lowest BCUT2D eigenvalue weighted by Gasteiger charge is -2.23. The highest BCUT2D eigenvalue weighted by Gasteiger charge is 2.18. The zero-order chi connectivity index (χ0) is 15.4. The quantitative estimate of drug-likeness (QED) is 0.765. The van der Waals surface area contributed by atoms with Crippen molar-refractivity contribution in [1.29, 1.82) is 0 Å². The number of rotatable bonds is 4. The van der Waals surface area contributed by atoms with Gasteiger partial charge in [0, 0.05) is 19.6 Å². The number of anilines is 1. The van der Waals surface area contributed by atoms with E-state index in [1.807, 2.05) is 12.1 Å². The molecule has 1 amide bonds. The lowest BCUT2D eigenvalue weighted by Crippen LogP contribution is -2.30. The largest absolute Gasteiger partial charge is 0.482 e. The Bertz CT molecular complexity index is 527. The molecule has 6 nitrogen and oxygen atoms in total. The van der Waals surface area contributed by atoms with E-state index in [2.05, 4.69) is 15.5 Å². The Labute approximate surface area is 130 Å². The molecule has 1 atom stereocenters. The van der Waals surface area contributed by atoms with Crippen LogP contribution < -0.4 is 15.4 Å². The van der Waals surface area contributed by atoms with Gasteiger partial charge in [-0.1, -0.05) is 6.07 Å². The molecule has 6 heteroatoms. The number of nitrogens with zero attached hydrogens (tertiary/aromatic N) is 1. The van der Waals surface area contributed by atoms with Crippen LogP contribution in [0.15, 0.2) is 18.2 Å². The Morgan fingerprint density at radius 1 is 1.32 bits per heavy atom. The molecule has 2 aliphatic rings. The minimum absolute atomic E-state index is 0.0535. The smallest absolute Gasteiger partial charge is 0.262 e. The highest BCUT2D eigenvalue weighted by atomic mass is 16.5. The number of aliphatic hydroxyl groups excluding tert-OH is 1. The second kappa shape index (κ2) is 7.09. The first kappa shape index (κ1) is 15.3. The summed E-state index contributed by atoms with van der Waals surface area (Å²) in [6.07, 6.45) is 1.31. The van der Waals surface area contributed by atoms with Crippen LogP contribution in [0.4, 0.5) is 5.69 Å². The van der Waals surface area contributed by atoms with Crippen LogP contribution in [-0.4, -0.2) is 55.2 Å². The average molecular weight is 305 g/mol. The monoisotopic (exact) mass is 305 g/mol. The van der Waals surface area contributed by atoms with Crippen molar-refractivity contribution in [2.24, 2.45) is 0 Å². The molecule has 1 aromatic carbocycles. The molecule has 22 heavy (non-hydrogen) atoms. The summed E-state index contributed by atoms with van der Waals surface area (Å²) in [4.78, 5) is 13.7. The molecule has 3 rings (SSSR count). The Kier molecular flexibility index (Phi) is 4.92. The maximum atomic E-state index is 11.4. The lowest BCUT2D eigenvalue weighted by atomic mass is 10.0. The van der Waals surface area contributed by atoms with Crippen molar-refractivity contribution >= 4 is 11.6 Å². The average Bonchev–Trinajstić information content (AvgIpc) is 2.80. The minimum Gasteiger partial charge on any atom is -0.482 e. The maximum absolute atomic E-state index is 11.4. The summed E-state index contributed by atoms with van der Waals surface area (Å²) in [5, 5.41) is 16.5. The second-order valence-electron chi connectivity index (χ2n) is 5.84. The fraction of sp³-hybridized carbons (Fsp3) is 0.562. The number of hydrogen-bond donors (Lipinski definition) is 3. The second-order valence-corrected chi connectivity index (χ2v) is 5.84. The number of carbonyl (C=O) groups excluding carboxylic acids is 1. The number of fused-ring (bicyclic) bond motifs is 1. The fourth-order valence-corrected chi connectivity index (χ4v) is 2.90. The van der Waals surface area contributed by atoms with Crippen LogP contribution in [0.5, 0.6) is 5.75 Å². The summed E-state index contributed by atoms with van der Waals surface area (Å²) in [6, 6.07) is 5.48. The first-order valence-electron chi connectivity index (χ1n) is 7.90. The summed E-state index contributed by atoms with van der Waals surface area (Å²) < 4.78 is 5.33. The van der Waals surface area contributed by atoms with Gasteiger partial charge < -0.3 is 25.4 Å². The van der Waals surface area contributed by atoms with E-state index in [4.69, 9.17) is 4.74 Å². The third-order valence-electron chi connectivity index (χ3n) is 4.17. The minimum atomic E-state index is -0.527. The van der Waals surface area contributed by atoms with E-state index in [0.717, 1.165) is 44.7 Å². The SMILES string of the molecule is O=C1COc2ccc(C(O)CCN3CCCNCC3)cc2N1. The van der Waals surface area contributed by atoms with Crippen LogP contribution in [0.3, 0.4) is 0 Å². The number of nitrogens with one attached hydrogen (secondary N) is 2. The van der Waals surface area contributed by atoms with Crippen molar-refractivity contribution in [1.82, 2.24) is 10.2 Å². The molecule has 1 unspecified atom stereocenters. The van der Waals surface area contributed by atoms with Crippen LogP contribution >= 0.6 is 0 Å². The van der Waals surface area contributed by atoms with Gasteiger partial charge in [0.2, 0.25) is 0 Å². The molecule has 2 aliphatic heterocycles. The third-order valence-corrected chi connectivity index (χ3v) is 4.17. The Morgan fingerprint density at radius 3 is 3.14 bits per heavy atom. The number of hydrogen-bond acceptors (Lipinski definition) is 5. The van der Waals surface area contributed by atoms with Crippen molar-refractivity contribution in [3.63, 3.8) is 0 Å². The van der Waals surface area contributed by atoms with Crippen LogP contribution in [-0.2, 0) is 4.79 Å². The van der Waals surface area contributed by atoms with Gasteiger partial charge in [-0.15, -0.1) is 0 Å². The zero-order valence-corrected chi connectivity index (χ0v) is 12.7. The molecule has 1 fully saturated rings. The van der Waals surface area contributed by atoms with Gasteiger partial charge in [-0.2, -0.15) is 0 Å². The molecular formula is C16H23N3O3. The molecule has 0 spiro atoms. The molecule has 0 bridgehead atoms. The third kappa shape index (κ3) is 3.76. The van der Waals surface area contributed by atoms with E-state index in [0.29, 0.717) is 17.9 Å². The molecule has 1 aromatic rings. The number of aliphatic hydroxyl groups is 1. The highest BCUT2D eigenvalue weighted by molar-refractivity contribution is 5.95. The molecule has 0 radical (unpaired) electrons. The van der Waals surface area contributed by atoms with Crippen LogP contribution in [0.25, 0.3) is 0 Å². The summed E-state index contributed by atoms with van der Waals surface area (Å²) in [6.45, 7) is 5.12. The Hall–Kier alpha value is -1.63. The van der Waals surface area contributed by atoms with Crippen molar-refractivity contribution in [2.45, 2.75) is 18.9 Å². The molecule has 120 valence electrons. The fourth-order valence-electron chi connectivity index (χ4n) is 2.90. The van der Waals surface area contributed by atoms with Crippen LogP contribution in [0.2, 0.25) is 0 Å². The zero-order valence-electron chi connectivity index (χ0n) is 12.7. The molecule has 0 saturated carbocycles. The topological polar surface area (TPSA) is 73.8 Å². The van der Waals surface area contributed by atoms with E-state index in [9.17, 15) is 9.90 Å². The van der Waals surface area contributed by atoms with E-state index in [-0.39, 0.29) is 12.5 Å². The van der Waals surface area contributed by atoms with Gasteiger partial charge in [0.25, 0.3) is 5.91 Å². The van der Waals surface area contributed by atoms with Crippen LogP contribution in [0, 0.1) is 0 Å². The summed E-state index contributed by atoms with van der Waals surface area (Å²) in [7, 11) is 0. The number of ether oxygens (including phenoxy) is 1. The molecule has 0 aromatic heterocycles. The van der Waals surface area contributed by atoms with Crippen molar-refractivity contribution in [3.8, 4) is 5.75 Å². The van der Waals surface area contributed by atoms with E-state index < -0.39 is 6.10 Å². The number of carbonyl (C=O) groups is 1. The molecular weight excluding hydrogens is 282 g/mol. The molecule has 3 N–H and O–H groups in total. The first-order valence-corrected chi connectivity index (χ1v) is 7.90. The van der Waals surface area contributed by atoms with Gasteiger partial charge in [0.15, 0.2) is 6.61 Å². The van der Waals surface area contributed by atoms with Gasteiger partial charge in [0.05, 0.1) is 11.8 Å². The van der Waals surface area contributed by atoms with Gasteiger partial charge >= 0.3 is 0 Å². The number of amides is 1. The predicted octanol–water partition coefficient (Wildman–Crippen LogP) is 0.736. The standard InChI is InChI=1S/C16H23N3O3/c20-14(4-8-19-7-1-5-17-6-9-19)12-2-3-15-13(10-12)18-16(21)11-22-15/h2-3,10,14,17,20H,1,4-9,11H2,(H,18,21). The highest BCUT2D eigenvalue weighted by Crippen LogP contribution is 2.31. The molecule has 0 aliphatic carbocycles. The van der Waals surface area contributed by atoms with Gasteiger partial charge in [0.1, 0.15) is 5.75 Å². The van der Waals surface area contributed by atoms with Gasteiger partial charge in [-0.05, 0) is 43.6 Å². The van der Waals surface area contributed by atoms with Crippen LogP contribution in [0.1, 0.15) is 24.5 Å². The maximum Gasteiger partial charge on any atom is 0.262 e. The van der Waals surface area contributed by atoms with E-state index in [1.165, 1.54) is 0 Å². The summed E-state index contributed by atoms with van der Waals surface area (Å²) >= 11 is 0. The normalized spacial score (nSPS) is 20.5. The summed E-state index contributed by atoms with van der Waals surface area (Å²) in [5.41, 5.74) is 1.46. The van der Waals surface area contributed by atoms with E-state index in [1.54, 1.807) is 6.07 Å². The van der Waals surface area contributed by atoms with Crippen molar-refractivity contribution in [3.05, 3.63) is 23.8 Å². The first-order chi connectivity index (χ1) is 10.7. The Morgan fingerprint density at radius 2 is 2.23 bits per heavy atom. The molecule has 2 heterocycles. The van der Waals surface area contributed by atoms with Gasteiger partial charge in [-0.25, -0.2) is 0 Å². The predicted molar refractivity (Wildman–Crippen MR) is 84.1 cm³/mol. The Balaban J connectivity index is 1.58. The summed E-state index contributed by atoms with van der Waals surface area (Å²) in [5.74, 6) is 0.505. The molecule has 1 saturated heterocycles. The van der Waals surface area contributed by atoms with Crippen molar-refractivity contribution in [2.75, 3.05) is 44.6 Å². The number of benzene rings is 1. The van der Waals surface area contributed by atoms with E-state index >= 15 is 0 Å². The lowest BCUT2D eigenvalue weighted by molar-refractivity contribution is -0.118. The van der Waals surface area contributed by atoms with Gasteiger partial charge in [-0.3, -0.25) is 4.79 Å².